The highest BCUT2D eigenvalue weighted by Gasteiger charge is 2.17. The predicted molar refractivity (Wildman–Crippen MR) is 92.7 cm³/mol. The molecule has 19 heavy (non-hydrogen) atoms. The Morgan fingerprint density at radius 3 is 2.84 bits per heavy atom. The van der Waals surface area contributed by atoms with Gasteiger partial charge in [-0.05, 0) is 42.2 Å². The molecule has 1 aromatic rings. The van der Waals surface area contributed by atoms with Crippen molar-refractivity contribution in [2.45, 2.75) is 30.7 Å². The largest absolute Gasteiger partial charge is 0.389 e. The monoisotopic (exact) mass is 312 g/mol. The van der Waals surface area contributed by atoms with E-state index in [0.29, 0.717) is 11.0 Å². The summed E-state index contributed by atoms with van der Waals surface area (Å²) in [5.41, 5.74) is 8.04. The molecule has 2 rings (SSSR count). The van der Waals surface area contributed by atoms with E-state index in [2.05, 4.69) is 30.4 Å². The molecule has 3 N–H and O–H groups in total. The van der Waals surface area contributed by atoms with Gasteiger partial charge in [0, 0.05) is 22.2 Å². The number of rotatable bonds is 5. The van der Waals surface area contributed by atoms with Gasteiger partial charge in [-0.15, -0.1) is 11.8 Å². The first-order chi connectivity index (χ1) is 9.22. The molecule has 0 spiro atoms. The molecule has 104 valence electrons. The number of nitrogens with one attached hydrogen (secondary N) is 1. The normalized spacial score (nSPS) is 16.3. The topological polar surface area (TPSA) is 38.0 Å². The van der Waals surface area contributed by atoms with Crippen LogP contribution in [0.15, 0.2) is 23.1 Å². The Kier molecular flexibility index (Phi) is 5.85. The van der Waals surface area contributed by atoms with Crippen LogP contribution in [0.2, 0.25) is 0 Å². The van der Waals surface area contributed by atoms with Crippen molar-refractivity contribution in [2.24, 2.45) is 5.73 Å². The lowest BCUT2D eigenvalue weighted by molar-refractivity contribution is 0.666. The van der Waals surface area contributed by atoms with E-state index < -0.39 is 0 Å². The number of hydrogen-bond acceptors (Lipinski definition) is 4. The molecule has 5 heteroatoms. The fraction of sp³-hybridized carbons (Fsp3) is 0.500. The summed E-state index contributed by atoms with van der Waals surface area (Å²) in [5.74, 6) is 3.51. The van der Waals surface area contributed by atoms with E-state index in [1.807, 2.05) is 11.8 Å². The van der Waals surface area contributed by atoms with E-state index in [4.69, 9.17) is 18.0 Å². The third kappa shape index (κ3) is 4.04. The Hall–Kier alpha value is -0.390. The van der Waals surface area contributed by atoms with Crippen molar-refractivity contribution in [3.05, 3.63) is 23.8 Å². The van der Waals surface area contributed by atoms with E-state index in [1.165, 1.54) is 29.2 Å². The molecule has 0 atom stereocenters. The summed E-state index contributed by atoms with van der Waals surface area (Å²) in [6.07, 6.45) is 2.43. The molecule has 1 aliphatic heterocycles. The lowest BCUT2D eigenvalue weighted by Crippen LogP contribution is -2.26. The summed E-state index contributed by atoms with van der Waals surface area (Å²) >= 11 is 9.07. The van der Waals surface area contributed by atoms with Crippen LogP contribution in [0.3, 0.4) is 0 Å². The van der Waals surface area contributed by atoms with Crippen molar-refractivity contribution < 1.29 is 0 Å². The zero-order valence-corrected chi connectivity index (χ0v) is 13.6. The molecular formula is C14H20N2S3. The molecule has 1 aromatic carbocycles. The van der Waals surface area contributed by atoms with Gasteiger partial charge in [-0.3, -0.25) is 0 Å². The number of hydrogen-bond donors (Lipinski definition) is 2. The van der Waals surface area contributed by atoms with Crippen LogP contribution in [-0.4, -0.2) is 28.3 Å². The second-order valence-electron chi connectivity index (χ2n) is 4.51. The van der Waals surface area contributed by atoms with Gasteiger partial charge in [-0.2, -0.15) is 11.8 Å². The Labute approximate surface area is 129 Å². The number of thiocarbonyl (C=S) groups is 1. The Morgan fingerprint density at radius 1 is 1.47 bits per heavy atom. The van der Waals surface area contributed by atoms with Crippen molar-refractivity contribution in [3.63, 3.8) is 0 Å². The van der Waals surface area contributed by atoms with Crippen molar-refractivity contribution in [2.75, 3.05) is 22.6 Å². The van der Waals surface area contributed by atoms with Crippen LogP contribution in [-0.2, 0) is 0 Å². The highest BCUT2D eigenvalue weighted by atomic mass is 32.2. The highest BCUT2D eigenvalue weighted by Crippen LogP contribution is 2.30. The third-order valence-corrected chi connectivity index (χ3v) is 5.35. The molecule has 1 heterocycles. The van der Waals surface area contributed by atoms with Crippen LogP contribution >= 0.6 is 35.7 Å². The lowest BCUT2D eigenvalue weighted by atomic mass is 10.1. The molecule has 0 radical (unpaired) electrons. The second kappa shape index (κ2) is 7.41. The Balaban J connectivity index is 2.22. The van der Waals surface area contributed by atoms with Gasteiger partial charge in [-0.25, -0.2) is 0 Å². The summed E-state index contributed by atoms with van der Waals surface area (Å²) < 4.78 is 0. The van der Waals surface area contributed by atoms with Crippen LogP contribution in [0.1, 0.15) is 25.3 Å². The molecule has 0 unspecified atom stereocenters. The van der Waals surface area contributed by atoms with Crippen LogP contribution in [0.4, 0.5) is 5.69 Å². The van der Waals surface area contributed by atoms with E-state index >= 15 is 0 Å². The minimum Gasteiger partial charge on any atom is -0.389 e. The van der Waals surface area contributed by atoms with E-state index in [9.17, 15) is 0 Å². The van der Waals surface area contributed by atoms with Crippen LogP contribution < -0.4 is 11.1 Å². The van der Waals surface area contributed by atoms with Crippen molar-refractivity contribution >= 4 is 46.4 Å². The van der Waals surface area contributed by atoms with Gasteiger partial charge >= 0.3 is 0 Å². The first-order valence-corrected chi connectivity index (χ1v) is 9.17. The second-order valence-corrected chi connectivity index (χ2v) is 7.48. The first-order valence-electron chi connectivity index (χ1n) is 6.62. The zero-order valence-electron chi connectivity index (χ0n) is 11.1. The molecule has 0 aromatic heterocycles. The van der Waals surface area contributed by atoms with Gasteiger partial charge in [-0.1, -0.05) is 25.2 Å². The molecule has 0 bridgehead atoms. The van der Waals surface area contributed by atoms with Gasteiger partial charge in [0.1, 0.15) is 4.99 Å². The summed E-state index contributed by atoms with van der Waals surface area (Å²) in [5, 5.41) is 3.64. The third-order valence-electron chi connectivity index (χ3n) is 3.15. The minimum atomic E-state index is 0.490. The molecule has 0 saturated carbocycles. The zero-order chi connectivity index (χ0) is 13.7. The molecule has 1 fully saturated rings. The summed E-state index contributed by atoms with van der Waals surface area (Å²) in [6, 6.07) is 6.83. The fourth-order valence-corrected chi connectivity index (χ4v) is 4.48. The number of thioether (sulfide) groups is 2. The lowest BCUT2D eigenvalue weighted by Gasteiger charge is -2.25. The number of benzene rings is 1. The van der Waals surface area contributed by atoms with E-state index in [0.717, 1.165) is 17.0 Å². The van der Waals surface area contributed by atoms with Crippen LogP contribution in [0.5, 0.6) is 0 Å². The van der Waals surface area contributed by atoms with Crippen LogP contribution in [0.25, 0.3) is 0 Å². The van der Waals surface area contributed by atoms with Gasteiger partial charge in [0.2, 0.25) is 0 Å². The molecule has 1 saturated heterocycles. The number of anilines is 1. The molecule has 0 aliphatic carbocycles. The van der Waals surface area contributed by atoms with Crippen molar-refractivity contribution in [1.29, 1.82) is 0 Å². The fourth-order valence-electron chi connectivity index (χ4n) is 2.24. The Bertz CT molecular complexity index is 442. The molecular weight excluding hydrogens is 292 g/mol. The Morgan fingerprint density at radius 2 is 2.21 bits per heavy atom. The maximum Gasteiger partial charge on any atom is 0.107 e. The molecule has 2 nitrogen and oxygen atoms in total. The van der Waals surface area contributed by atoms with Crippen molar-refractivity contribution in [1.82, 2.24) is 0 Å². The van der Waals surface area contributed by atoms with Crippen LogP contribution in [0, 0.1) is 0 Å². The average molecular weight is 313 g/mol. The smallest absolute Gasteiger partial charge is 0.107 e. The highest BCUT2D eigenvalue weighted by molar-refractivity contribution is 7.99. The van der Waals surface area contributed by atoms with Gasteiger partial charge in [0.25, 0.3) is 0 Å². The van der Waals surface area contributed by atoms with Gasteiger partial charge < -0.3 is 11.1 Å². The average Bonchev–Trinajstić information content (AvgIpc) is 2.40. The molecule has 1 aliphatic rings. The maximum atomic E-state index is 5.92. The van der Waals surface area contributed by atoms with Crippen molar-refractivity contribution in [3.8, 4) is 0 Å². The summed E-state index contributed by atoms with van der Waals surface area (Å²) in [7, 11) is 0. The SMILES string of the molecule is CCSc1cccc(NC2CCSCC2)c1C(N)=S. The standard InChI is InChI=1S/C14H20N2S3/c1-2-19-12-5-3-4-11(13(12)14(15)17)16-10-6-8-18-9-7-10/h3-5,10,16H,2,6-9H2,1H3,(H2,15,17). The maximum absolute atomic E-state index is 5.92. The first kappa shape index (κ1) is 15.0. The van der Waals surface area contributed by atoms with Gasteiger partial charge in [0.15, 0.2) is 0 Å². The van der Waals surface area contributed by atoms with E-state index in [-0.39, 0.29) is 0 Å². The van der Waals surface area contributed by atoms with E-state index in [1.54, 1.807) is 11.8 Å². The predicted octanol–water partition coefficient (Wildman–Crippen LogP) is 3.74. The minimum absolute atomic E-state index is 0.490. The molecule has 0 amide bonds. The quantitative estimate of drug-likeness (QED) is 0.640. The van der Waals surface area contributed by atoms with Gasteiger partial charge in [0.05, 0.1) is 0 Å². The number of nitrogens with two attached hydrogens (primary N) is 1. The summed E-state index contributed by atoms with van der Waals surface area (Å²) in [4.78, 5) is 1.68. The summed E-state index contributed by atoms with van der Waals surface area (Å²) in [6.45, 7) is 2.15.